The highest BCUT2D eigenvalue weighted by Gasteiger charge is 2.62. The highest BCUT2D eigenvalue weighted by molar-refractivity contribution is 7.91. The van der Waals surface area contributed by atoms with E-state index in [1.165, 1.54) is 35.6 Å². The molecule has 2 aromatic heterocycles. The van der Waals surface area contributed by atoms with Gasteiger partial charge in [-0.1, -0.05) is 31.1 Å². The second kappa shape index (κ2) is 14.2. The number of carbonyl (C=O) groups excluding carboxylic acids is 4. The standard InChI is InChI=1S/C35H39FN8O7S/c1-20-32(41-29-24(36)9-7-11-25(29)39-20)51-22-16-28-31(46)42-35(34(48)43-52(49,50)23-12-13-23)17-21(35)8-5-3-2-4-6-10-26(33(47)44(28)19-22)40-30(45)27-18-37-14-15-38-27/h5,7-9,11,14-15,18,21-23,26,28H,2-4,6,10,12-13,16-17,19H2,1H3,(H,40,45)(H,42,46)(H,43,48)/b8-5-/t21-,22-,26+,28+,35-/m1/s1. The number of amides is 4. The van der Waals surface area contributed by atoms with Crippen LogP contribution in [0.4, 0.5) is 4.39 Å². The third-order valence-electron chi connectivity index (χ3n) is 10.00. The zero-order chi connectivity index (χ0) is 36.6. The number of para-hydroxylation sites is 1. The van der Waals surface area contributed by atoms with E-state index in [2.05, 4.69) is 35.3 Å². The maximum Gasteiger partial charge on any atom is 0.272 e. The lowest BCUT2D eigenvalue weighted by molar-refractivity contribution is -0.141. The van der Waals surface area contributed by atoms with Crippen molar-refractivity contribution in [1.29, 1.82) is 0 Å². The molecule has 0 spiro atoms. The zero-order valence-electron chi connectivity index (χ0n) is 28.5. The van der Waals surface area contributed by atoms with Gasteiger partial charge in [-0.15, -0.1) is 0 Å². The van der Waals surface area contributed by atoms with E-state index in [1.54, 1.807) is 13.0 Å². The summed E-state index contributed by atoms with van der Waals surface area (Å²) in [5.41, 5.74) is -0.827. The first-order chi connectivity index (χ1) is 24.9. The Morgan fingerprint density at radius 3 is 2.69 bits per heavy atom. The monoisotopic (exact) mass is 734 g/mol. The van der Waals surface area contributed by atoms with Gasteiger partial charge >= 0.3 is 0 Å². The number of nitrogens with one attached hydrogen (secondary N) is 3. The van der Waals surface area contributed by atoms with Crippen LogP contribution in [0.3, 0.4) is 0 Å². The van der Waals surface area contributed by atoms with E-state index < -0.39 is 74.4 Å². The molecule has 4 amide bonds. The number of carbonyl (C=O) groups is 4. The molecule has 2 aliphatic heterocycles. The number of nitrogens with zero attached hydrogens (tertiary/aromatic N) is 5. The van der Waals surface area contributed by atoms with Crippen LogP contribution in [0, 0.1) is 18.7 Å². The summed E-state index contributed by atoms with van der Waals surface area (Å²) in [6.45, 7) is 1.54. The second-order valence-electron chi connectivity index (χ2n) is 13.8. The summed E-state index contributed by atoms with van der Waals surface area (Å²) in [7, 11) is -3.91. The number of halogens is 1. The lowest BCUT2D eigenvalue weighted by Crippen LogP contribution is -2.58. The second-order valence-corrected chi connectivity index (χ2v) is 15.8. The number of benzene rings is 1. The number of aryl methyl sites for hydroxylation is 1. The van der Waals surface area contributed by atoms with Gasteiger partial charge in [0.05, 0.1) is 23.5 Å². The summed E-state index contributed by atoms with van der Waals surface area (Å²) in [5, 5.41) is 4.95. The molecule has 4 aliphatic rings. The molecule has 0 radical (unpaired) electrons. The van der Waals surface area contributed by atoms with Gasteiger partial charge < -0.3 is 20.3 Å². The number of allylic oxidation sites excluding steroid dienone is 1. The number of hydrogen-bond donors (Lipinski definition) is 3. The molecule has 5 atom stereocenters. The Kier molecular flexibility index (Phi) is 9.63. The first kappa shape index (κ1) is 35.3. The Hall–Kier alpha value is -5.06. The number of rotatable bonds is 7. The van der Waals surface area contributed by atoms with Crippen molar-refractivity contribution in [2.75, 3.05) is 6.54 Å². The lowest BCUT2D eigenvalue weighted by Gasteiger charge is -2.29. The summed E-state index contributed by atoms with van der Waals surface area (Å²) in [5.74, 6) is -3.70. The van der Waals surface area contributed by atoms with Crippen LogP contribution in [0.15, 0.2) is 48.9 Å². The molecule has 17 heteroatoms. The maximum atomic E-state index is 14.7. The molecular formula is C35H39FN8O7S. The van der Waals surface area contributed by atoms with Crippen LogP contribution in [-0.4, -0.2) is 92.4 Å². The molecule has 274 valence electrons. The Morgan fingerprint density at radius 2 is 1.92 bits per heavy atom. The van der Waals surface area contributed by atoms with Crippen LogP contribution in [0.2, 0.25) is 0 Å². The highest BCUT2D eigenvalue weighted by Crippen LogP contribution is 2.46. The van der Waals surface area contributed by atoms with Crippen LogP contribution < -0.4 is 20.1 Å². The van der Waals surface area contributed by atoms with E-state index in [4.69, 9.17) is 4.74 Å². The van der Waals surface area contributed by atoms with Crippen molar-refractivity contribution in [3.63, 3.8) is 0 Å². The lowest BCUT2D eigenvalue weighted by atomic mass is 10.0. The van der Waals surface area contributed by atoms with Crippen molar-refractivity contribution in [2.24, 2.45) is 5.92 Å². The van der Waals surface area contributed by atoms with Gasteiger partial charge in [0.15, 0.2) is 5.82 Å². The Morgan fingerprint density at radius 1 is 1.10 bits per heavy atom. The molecular weight excluding hydrogens is 695 g/mol. The molecule has 2 saturated carbocycles. The molecule has 1 aromatic carbocycles. The van der Waals surface area contributed by atoms with Gasteiger partial charge in [-0.3, -0.25) is 28.9 Å². The minimum atomic E-state index is -3.91. The summed E-state index contributed by atoms with van der Waals surface area (Å²) < 4.78 is 48.6. The van der Waals surface area contributed by atoms with Crippen molar-refractivity contribution in [3.8, 4) is 5.88 Å². The number of sulfonamides is 1. The Labute approximate surface area is 299 Å². The fourth-order valence-corrected chi connectivity index (χ4v) is 8.25. The number of ether oxygens (including phenoxy) is 1. The third-order valence-corrected chi connectivity index (χ3v) is 11.8. The molecule has 3 N–H and O–H groups in total. The zero-order valence-corrected chi connectivity index (χ0v) is 29.3. The van der Waals surface area contributed by atoms with Crippen LogP contribution in [0.5, 0.6) is 5.88 Å². The minimum absolute atomic E-state index is 0.00140. The molecule has 7 rings (SSSR count). The average Bonchev–Trinajstić information content (AvgIpc) is 4.05. The van der Waals surface area contributed by atoms with Gasteiger partial charge in [0.1, 0.15) is 40.6 Å². The van der Waals surface area contributed by atoms with Crippen molar-refractivity contribution in [3.05, 3.63) is 66.1 Å². The first-order valence-corrected chi connectivity index (χ1v) is 19.0. The molecule has 3 aromatic rings. The van der Waals surface area contributed by atoms with Crippen LogP contribution in [0.1, 0.15) is 74.0 Å². The maximum absolute atomic E-state index is 14.7. The van der Waals surface area contributed by atoms with E-state index in [0.29, 0.717) is 36.9 Å². The molecule has 0 unspecified atom stereocenters. The smallest absolute Gasteiger partial charge is 0.272 e. The summed E-state index contributed by atoms with van der Waals surface area (Å²) in [6.07, 6.45) is 11.0. The fraction of sp³-hybridized carbons (Fsp3) is 0.486. The molecule has 4 heterocycles. The molecule has 0 bridgehead atoms. The van der Waals surface area contributed by atoms with Crippen molar-refractivity contribution in [2.45, 2.75) is 93.7 Å². The van der Waals surface area contributed by atoms with Gasteiger partial charge in [0, 0.05) is 24.7 Å². The van der Waals surface area contributed by atoms with Crippen molar-refractivity contribution >= 4 is 44.7 Å². The minimum Gasteiger partial charge on any atom is -0.471 e. The van der Waals surface area contributed by atoms with Gasteiger partial charge in [-0.25, -0.2) is 27.8 Å². The quantitative estimate of drug-likeness (QED) is 0.300. The molecule has 2 aliphatic carbocycles. The number of aromatic nitrogens is 4. The van der Waals surface area contributed by atoms with Crippen molar-refractivity contribution in [1.82, 2.24) is 40.2 Å². The van der Waals surface area contributed by atoms with Crippen LogP contribution >= 0.6 is 0 Å². The SMILES string of the molecule is Cc1nc2cccc(F)c2nc1O[C@@H]1C[C@H]2C(=O)N[C@]3(C(=O)NS(=O)(=O)C4CC4)C[C@H]3/C=C\CCCCC[C@H](NC(=O)c3cnccn3)C(=O)N2C1. The van der Waals surface area contributed by atoms with Gasteiger partial charge in [-0.2, -0.15) is 0 Å². The predicted molar refractivity (Wildman–Crippen MR) is 183 cm³/mol. The predicted octanol–water partition coefficient (Wildman–Crippen LogP) is 2.02. The van der Waals surface area contributed by atoms with E-state index >= 15 is 0 Å². The number of hydrogen-bond acceptors (Lipinski definition) is 11. The molecule has 1 saturated heterocycles. The van der Waals surface area contributed by atoms with E-state index in [1.807, 2.05) is 12.2 Å². The van der Waals surface area contributed by atoms with E-state index in [0.717, 1.165) is 12.8 Å². The molecule has 52 heavy (non-hydrogen) atoms. The largest absolute Gasteiger partial charge is 0.471 e. The third kappa shape index (κ3) is 7.31. The highest BCUT2D eigenvalue weighted by atomic mass is 32.2. The topological polar surface area (TPSA) is 203 Å². The van der Waals surface area contributed by atoms with E-state index in [9.17, 15) is 32.0 Å². The van der Waals surface area contributed by atoms with E-state index in [-0.39, 0.29) is 42.9 Å². The van der Waals surface area contributed by atoms with Crippen molar-refractivity contribution < 1.29 is 36.7 Å². The van der Waals surface area contributed by atoms with Gasteiger partial charge in [-0.05, 0) is 57.6 Å². The summed E-state index contributed by atoms with van der Waals surface area (Å²) >= 11 is 0. The number of fused-ring (bicyclic) bond motifs is 3. The van der Waals surface area contributed by atoms with Crippen LogP contribution in [-0.2, 0) is 24.4 Å². The summed E-state index contributed by atoms with van der Waals surface area (Å²) in [6, 6.07) is 2.17. The summed E-state index contributed by atoms with van der Waals surface area (Å²) in [4.78, 5) is 73.6. The first-order valence-electron chi connectivity index (χ1n) is 17.5. The Bertz CT molecular complexity index is 2050. The fourth-order valence-electron chi connectivity index (χ4n) is 6.88. The molecule has 15 nitrogen and oxygen atoms in total. The van der Waals surface area contributed by atoms with Crippen LogP contribution in [0.25, 0.3) is 11.0 Å². The van der Waals surface area contributed by atoms with Gasteiger partial charge in [0.25, 0.3) is 11.8 Å². The normalized spacial score (nSPS) is 27.3. The Balaban J connectivity index is 1.20. The van der Waals surface area contributed by atoms with Gasteiger partial charge in [0.2, 0.25) is 27.7 Å². The molecule has 3 fully saturated rings. The average molecular weight is 735 g/mol.